The number of furan rings is 1. The van der Waals surface area contributed by atoms with Gasteiger partial charge in [0.15, 0.2) is 5.76 Å². The number of piperidine rings is 1. The highest BCUT2D eigenvalue weighted by Crippen LogP contribution is 2.30. The van der Waals surface area contributed by atoms with Crippen molar-refractivity contribution in [3.05, 3.63) is 24.2 Å². The Balaban J connectivity index is 1.25. The van der Waals surface area contributed by atoms with Gasteiger partial charge in [0.05, 0.1) is 12.3 Å². The van der Waals surface area contributed by atoms with E-state index in [1.807, 2.05) is 0 Å². The van der Waals surface area contributed by atoms with Gasteiger partial charge in [-0.3, -0.25) is 24.0 Å². The van der Waals surface area contributed by atoms with E-state index >= 15 is 0 Å². The molecule has 4 saturated heterocycles. The molecule has 5 heterocycles. The summed E-state index contributed by atoms with van der Waals surface area (Å²) in [6.45, 7) is 3.20. The van der Waals surface area contributed by atoms with Crippen molar-refractivity contribution in [3.63, 3.8) is 0 Å². The predicted molar refractivity (Wildman–Crippen MR) is 117 cm³/mol. The molecule has 0 saturated carbocycles. The molecule has 11 heteroatoms. The van der Waals surface area contributed by atoms with Crippen LogP contribution in [0.4, 0.5) is 0 Å². The number of fused-ring (bicyclic) bond motifs is 2. The first-order valence-corrected chi connectivity index (χ1v) is 11.8. The van der Waals surface area contributed by atoms with Gasteiger partial charge in [-0.2, -0.15) is 0 Å². The maximum absolute atomic E-state index is 13.5. The second kappa shape index (κ2) is 8.77. The van der Waals surface area contributed by atoms with Gasteiger partial charge >= 0.3 is 0 Å². The van der Waals surface area contributed by atoms with Crippen molar-refractivity contribution in [2.75, 3.05) is 26.2 Å². The monoisotopic (exact) mass is 471 g/mol. The molecule has 0 spiro atoms. The summed E-state index contributed by atoms with van der Waals surface area (Å²) >= 11 is 0. The third-order valence-corrected chi connectivity index (χ3v) is 7.52. The number of rotatable bonds is 3. The second-order valence-corrected chi connectivity index (χ2v) is 9.55. The summed E-state index contributed by atoms with van der Waals surface area (Å²) in [6, 6.07) is 0.917. The molecule has 0 bridgehead atoms. The summed E-state index contributed by atoms with van der Waals surface area (Å²) in [7, 11) is 0. The topological polar surface area (TPSA) is 132 Å². The van der Waals surface area contributed by atoms with E-state index in [1.165, 1.54) is 23.0 Å². The average Bonchev–Trinajstić information content (AvgIpc) is 3.57. The van der Waals surface area contributed by atoms with Crippen molar-refractivity contribution in [2.45, 2.75) is 56.8 Å². The average molecular weight is 472 g/mol. The molecular formula is C23H29N5O6. The Bertz CT molecular complexity index is 1000. The van der Waals surface area contributed by atoms with Crippen LogP contribution >= 0.6 is 0 Å². The molecule has 4 atom stereocenters. The highest BCUT2D eigenvalue weighted by molar-refractivity contribution is 5.99. The molecule has 0 aromatic carbocycles. The van der Waals surface area contributed by atoms with Gasteiger partial charge in [0.25, 0.3) is 5.91 Å². The summed E-state index contributed by atoms with van der Waals surface area (Å²) in [6.07, 6.45) is 3.43. The summed E-state index contributed by atoms with van der Waals surface area (Å²) in [5.41, 5.74) is 0. The van der Waals surface area contributed by atoms with E-state index in [0.29, 0.717) is 45.3 Å². The first-order chi connectivity index (χ1) is 16.3. The van der Waals surface area contributed by atoms with Gasteiger partial charge in [-0.1, -0.05) is 0 Å². The number of amides is 5. The third kappa shape index (κ3) is 3.92. The molecule has 0 radical (unpaired) electrons. The summed E-state index contributed by atoms with van der Waals surface area (Å²) < 4.78 is 5.23. The number of nitrogens with zero attached hydrogens (tertiary/aromatic N) is 3. The van der Waals surface area contributed by atoms with Crippen molar-refractivity contribution in [1.29, 1.82) is 0 Å². The second-order valence-electron chi connectivity index (χ2n) is 9.55. The normalized spacial score (nSPS) is 29.4. The Morgan fingerprint density at radius 1 is 1.12 bits per heavy atom. The van der Waals surface area contributed by atoms with Crippen LogP contribution < -0.4 is 10.6 Å². The van der Waals surface area contributed by atoms with Gasteiger partial charge in [-0.25, -0.2) is 0 Å². The van der Waals surface area contributed by atoms with E-state index in [0.717, 1.165) is 0 Å². The first kappa shape index (κ1) is 22.4. The van der Waals surface area contributed by atoms with Gasteiger partial charge < -0.3 is 29.8 Å². The van der Waals surface area contributed by atoms with Crippen molar-refractivity contribution in [2.24, 2.45) is 5.92 Å². The van der Waals surface area contributed by atoms with Crippen LogP contribution in [-0.2, 0) is 19.2 Å². The van der Waals surface area contributed by atoms with Gasteiger partial charge in [0.2, 0.25) is 23.6 Å². The lowest BCUT2D eigenvalue weighted by Crippen LogP contribution is -2.52. The van der Waals surface area contributed by atoms with E-state index in [4.69, 9.17) is 4.42 Å². The molecule has 5 rings (SSSR count). The Morgan fingerprint density at radius 3 is 2.56 bits per heavy atom. The van der Waals surface area contributed by atoms with Crippen LogP contribution in [0.1, 0.15) is 43.2 Å². The Hall–Kier alpha value is -3.37. The standard InChI is InChI=1S/C23H29N5O6/c1-13(29)26-7-4-14(5-8-26)20(30)24-15-11-17-21(31)25-16-6-9-27(19(16)23(33)28(17)12-15)22(32)18-3-2-10-34-18/h2-3,10,14-17,19H,4-9,11-12H2,1H3,(H,24,30)(H,25,31). The predicted octanol–water partition coefficient (Wildman–Crippen LogP) is -0.663. The minimum atomic E-state index is -0.795. The zero-order valence-corrected chi connectivity index (χ0v) is 19.1. The first-order valence-electron chi connectivity index (χ1n) is 11.8. The fourth-order valence-electron chi connectivity index (χ4n) is 5.68. The molecule has 4 aliphatic heterocycles. The molecule has 4 unspecified atom stereocenters. The molecule has 34 heavy (non-hydrogen) atoms. The number of likely N-dealkylation sites (tertiary alicyclic amines) is 2. The molecule has 4 fully saturated rings. The van der Waals surface area contributed by atoms with Crippen molar-refractivity contribution in [3.8, 4) is 0 Å². The van der Waals surface area contributed by atoms with Crippen LogP contribution in [0.2, 0.25) is 0 Å². The van der Waals surface area contributed by atoms with Crippen LogP contribution in [0.25, 0.3) is 0 Å². The van der Waals surface area contributed by atoms with Crippen molar-refractivity contribution in [1.82, 2.24) is 25.3 Å². The highest BCUT2D eigenvalue weighted by Gasteiger charge is 2.52. The van der Waals surface area contributed by atoms with Gasteiger partial charge in [-0.15, -0.1) is 0 Å². The molecule has 1 aromatic rings. The fraction of sp³-hybridized carbons (Fsp3) is 0.609. The molecule has 11 nitrogen and oxygen atoms in total. The zero-order chi connectivity index (χ0) is 24.0. The highest BCUT2D eigenvalue weighted by atomic mass is 16.3. The molecule has 1 aromatic heterocycles. The zero-order valence-electron chi connectivity index (χ0n) is 19.1. The largest absolute Gasteiger partial charge is 0.459 e. The van der Waals surface area contributed by atoms with E-state index in [-0.39, 0.29) is 53.8 Å². The van der Waals surface area contributed by atoms with E-state index in [2.05, 4.69) is 10.6 Å². The maximum atomic E-state index is 13.5. The molecule has 2 N–H and O–H groups in total. The van der Waals surface area contributed by atoms with Gasteiger partial charge in [0, 0.05) is 45.1 Å². The van der Waals surface area contributed by atoms with Crippen molar-refractivity contribution >= 4 is 29.5 Å². The maximum Gasteiger partial charge on any atom is 0.290 e. The SMILES string of the molecule is CC(=O)N1CCC(C(=O)NC2CC3C(=O)NC4CCN(C(=O)c5ccco5)C4C(=O)N3C2)CC1. The lowest BCUT2D eigenvalue weighted by Gasteiger charge is -2.31. The quantitative estimate of drug-likeness (QED) is 0.601. The number of nitrogens with one attached hydrogen (secondary N) is 2. The van der Waals surface area contributed by atoms with Gasteiger partial charge in [-0.05, 0) is 37.8 Å². The van der Waals surface area contributed by atoms with E-state index in [1.54, 1.807) is 17.0 Å². The number of carbonyl (C=O) groups excluding carboxylic acids is 5. The minimum Gasteiger partial charge on any atom is -0.459 e. The van der Waals surface area contributed by atoms with Crippen molar-refractivity contribution < 1.29 is 28.4 Å². The van der Waals surface area contributed by atoms with E-state index < -0.39 is 18.1 Å². The minimum absolute atomic E-state index is 0.0110. The molecule has 4 aliphatic rings. The van der Waals surface area contributed by atoms with Gasteiger partial charge in [0.1, 0.15) is 12.1 Å². The van der Waals surface area contributed by atoms with Crippen LogP contribution in [0.5, 0.6) is 0 Å². The van der Waals surface area contributed by atoms with Crippen LogP contribution in [0, 0.1) is 5.92 Å². The fourth-order valence-corrected chi connectivity index (χ4v) is 5.68. The van der Waals surface area contributed by atoms with Crippen LogP contribution in [-0.4, -0.2) is 94.6 Å². The summed E-state index contributed by atoms with van der Waals surface area (Å²) in [5.74, 6) is -1.04. The smallest absolute Gasteiger partial charge is 0.290 e. The third-order valence-electron chi connectivity index (χ3n) is 7.52. The Kier molecular flexibility index (Phi) is 5.78. The molecule has 5 amide bonds. The van der Waals surface area contributed by atoms with Crippen LogP contribution in [0.3, 0.4) is 0 Å². The lowest BCUT2D eigenvalue weighted by atomic mass is 9.95. The molecule has 0 aliphatic carbocycles. The molecular weight excluding hydrogens is 442 g/mol. The van der Waals surface area contributed by atoms with Crippen LogP contribution in [0.15, 0.2) is 22.8 Å². The summed E-state index contributed by atoms with van der Waals surface area (Å²) in [5, 5.41) is 5.96. The number of hydrogen-bond acceptors (Lipinski definition) is 6. The molecule has 182 valence electrons. The Morgan fingerprint density at radius 2 is 1.88 bits per heavy atom. The summed E-state index contributed by atoms with van der Waals surface area (Å²) in [4.78, 5) is 68.5. The number of carbonyl (C=O) groups is 5. The number of hydrogen-bond donors (Lipinski definition) is 2. The lowest BCUT2D eigenvalue weighted by molar-refractivity contribution is -0.138. The Labute approximate surface area is 196 Å². The van der Waals surface area contributed by atoms with E-state index in [9.17, 15) is 24.0 Å².